The van der Waals surface area contributed by atoms with Crippen LogP contribution in [0, 0.1) is 0 Å². The Morgan fingerprint density at radius 3 is 2.80 bits per heavy atom. The third-order valence-electron chi connectivity index (χ3n) is 0.916. The molecule has 0 aliphatic heterocycles. The van der Waals surface area contributed by atoms with Crippen molar-refractivity contribution in [1.29, 1.82) is 0 Å². The van der Waals surface area contributed by atoms with Gasteiger partial charge in [-0.05, 0) is 6.92 Å². The number of nitrogens with one attached hydrogen (secondary N) is 1. The van der Waals surface area contributed by atoms with Crippen LogP contribution in [0.2, 0.25) is 0 Å². The fourth-order valence-electron chi connectivity index (χ4n) is 0.436. The summed E-state index contributed by atoms with van der Waals surface area (Å²) < 4.78 is 0. The van der Waals surface area contributed by atoms with Gasteiger partial charge < -0.3 is 10.4 Å². The lowest BCUT2D eigenvalue weighted by Crippen LogP contribution is -2.30. The highest BCUT2D eigenvalue weighted by atomic mass is 79.9. The van der Waals surface area contributed by atoms with Gasteiger partial charge in [-0.25, -0.2) is 0 Å². The van der Waals surface area contributed by atoms with Gasteiger partial charge in [0.05, 0.1) is 6.10 Å². The van der Waals surface area contributed by atoms with Crippen molar-refractivity contribution in [3.05, 3.63) is 0 Å². The SMILES string of the molecule is C[C@H](O)CNC(=O)CCBr. The fraction of sp³-hybridized carbons (Fsp3) is 0.833. The predicted molar refractivity (Wildman–Crippen MR) is 43.1 cm³/mol. The van der Waals surface area contributed by atoms with Crippen molar-refractivity contribution in [3.63, 3.8) is 0 Å². The number of carbonyl (C=O) groups excluding carboxylic acids is 1. The van der Waals surface area contributed by atoms with Crippen LogP contribution in [0.25, 0.3) is 0 Å². The highest BCUT2D eigenvalue weighted by molar-refractivity contribution is 9.09. The molecule has 2 N–H and O–H groups in total. The number of halogens is 1. The Kier molecular flexibility index (Phi) is 5.63. The standard InChI is InChI=1S/C6H12BrNO2/c1-5(9)4-8-6(10)2-3-7/h5,9H,2-4H2,1H3,(H,8,10)/t5-/m0/s1. The molecule has 0 aliphatic carbocycles. The highest BCUT2D eigenvalue weighted by Crippen LogP contribution is 1.86. The van der Waals surface area contributed by atoms with Crippen LogP contribution in [-0.4, -0.2) is 29.0 Å². The molecule has 1 amide bonds. The van der Waals surface area contributed by atoms with Gasteiger partial charge in [-0.1, -0.05) is 15.9 Å². The summed E-state index contributed by atoms with van der Waals surface area (Å²) in [6, 6.07) is 0. The fourth-order valence-corrected chi connectivity index (χ4v) is 0.796. The maximum absolute atomic E-state index is 10.7. The maximum atomic E-state index is 10.7. The Bertz CT molecular complexity index is 106. The number of rotatable bonds is 4. The van der Waals surface area contributed by atoms with E-state index in [9.17, 15) is 4.79 Å². The van der Waals surface area contributed by atoms with Gasteiger partial charge in [-0.2, -0.15) is 0 Å². The number of aliphatic hydroxyl groups excluding tert-OH is 1. The van der Waals surface area contributed by atoms with Crippen LogP contribution in [0.15, 0.2) is 0 Å². The summed E-state index contributed by atoms with van der Waals surface area (Å²) in [5.74, 6) is -0.0298. The third-order valence-corrected chi connectivity index (χ3v) is 1.31. The van der Waals surface area contributed by atoms with E-state index in [1.54, 1.807) is 6.92 Å². The molecule has 0 bridgehead atoms. The van der Waals surface area contributed by atoms with Crippen LogP contribution in [0.3, 0.4) is 0 Å². The number of aliphatic hydroxyl groups is 1. The summed E-state index contributed by atoms with van der Waals surface area (Å²) in [6.45, 7) is 1.97. The summed E-state index contributed by atoms with van der Waals surface area (Å²) in [5, 5.41) is 12.0. The van der Waals surface area contributed by atoms with Crippen LogP contribution >= 0.6 is 15.9 Å². The van der Waals surface area contributed by atoms with Gasteiger partial charge in [0.25, 0.3) is 0 Å². The number of hydrogen-bond donors (Lipinski definition) is 2. The summed E-state index contributed by atoms with van der Waals surface area (Å²) in [7, 11) is 0. The van der Waals surface area contributed by atoms with E-state index in [1.165, 1.54) is 0 Å². The highest BCUT2D eigenvalue weighted by Gasteiger charge is 2.00. The Labute approximate surface area is 68.9 Å². The quantitative estimate of drug-likeness (QED) is 0.654. The smallest absolute Gasteiger partial charge is 0.220 e. The lowest BCUT2D eigenvalue weighted by atomic mass is 10.4. The second-order valence-electron chi connectivity index (χ2n) is 2.09. The first kappa shape index (κ1) is 9.91. The van der Waals surface area contributed by atoms with Crippen molar-refractivity contribution in [3.8, 4) is 0 Å². The van der Waals surface area contributed by atoms with Gasteiger partial charge in [0.1, 0.15) is 0 Å². The molecular formula is C6H12BrNO2. The van der Waals surface area contributed by atoms with E-state index in [4.69, 9.17) is 5.11 Å². The Hall–Kier alpha value is -0.0900. The molecule has 0 rings (SSSR count). The Morgan fingerprint density at radius 1 is 1.80 bits per heavy atom. The molecule has 10 heavy (non-hydrogen) atoms. The molecule has 3 nitrogen and oxygen atoms in total. The van der Waals surface area contributed by atoms with E-state index in [1.807, 2.05) is 0 Å². The van der Waals surface area contributed by atoms with Gasteiger partial charge in [0, 0.05) is 18.3 Å². The van der Waals surface area contributed by atoms with Crippen molar-refractivity contribution in [2.24, 2.45) is 0 Å². The van der Waals surface area contributed by atoms with Crippen molar-refractivity contribution < 1.29 is 9.90 Å². The molecule has 0 saturated heterocycles. The molecule has 0 spiro atoms. The molecule has 4 heteroatoms. The zero-order chi connectivity index (χ0) is 7.98. The van der Waals surface area contributed by atoms with Gasteiger partial charge in [0.15, 0.2) is 0 Å². The average molecular weight is 210 g/mol. The average Bonchev–Trinajstić information content (AvgIpc) is 1.85. The molecule has 0 aromatic rings. The van der Waals surface area contributed by atoms with E-state index in [2.05, 4.69) is 21.2 Å². The molecular weight excluding hydrogens is 198 g/mol. The summed E-state index contributed by atoms with van der Waals surface area (Å²) in [4.78, 5) is 10.7. The van der Waals surface area contributed by atoms with Gasteiger partial charge in [0.2, 0.25) is 5.91 Å². The van der Waals surface area contributed by atoms with Crippen molar-refractivity contribution in [2.45, 2.75) is 19.4 Å². The first-order valence-electron chi connectivity index (χ1n) is 3.17. The predicted octanol–water partition coefficient (Wildman–Crippen LogP) is 0.268. The molecule has 0 aromatic carbocycles. The Morgan fingerprint density at radius 2 is 2.40 bits per heavy atom. The molecule has 0 heterocycles. The van der Waals surface area contributed by atoms with Crippen LogP contribution in [-0.2, 0) is 4.79 Å². The van der Waals surface area contributed by atoms with Crippen LogP contribution < -0.4 is 5.32 Å². The number of alkyl halides is 1. The van der Waals surface area contributed by atoms with Crippen molar-refractivity contribution in [2.75, 3.05) is 11.9 Å². The maximum Gasteiger partial charge on any atom is 0.220 e. The molecule has 0 aliphatic rings. The number of amides is 1. The van der Waals surface area contributed by atoms with Crippen LogP contribution in [0.5, 0.6) is 0 Å². The zero-order valence-corrected chi connectivity index (χ0v) is 7.52. The van der Waals surface area contributed by atoms with Gasteiger partial charge in [-0.15, -0.1) is 0 Å². The monoisotopic (exact) mass is 209 g/mol. The first-order chi connectivity index (χ1) is 4.66. The minimum Gasteiger partial charge on any atom is -0.392 e. The van der Waals surface area contributed by atoms with Crippen LogP contribution in [0.4, 0.5) is 0 Å². The molecule has 0 unspecified atom stereocenters. The topological polar surface area (TPSA) is 49.3 Å². The van der Waals surface area contributed by atoms with E-state index >= 15 is 0 Å². The normalized spacial score (nSPS) is 12.7. The number of hydrogen-bond acceptors (Lipinski definition) is 2. The summed E-state index contributed by atoms with van der Waals surface area (Å²) in [5.41, 5.74) is 0. The van der Waals surface area contributed by atoms with Gasteiger partial charge in [-0.3, -0.25) is 4.79 Å². The largest absolute Gasteiger partial charge is 0.392 e. The molecule has 1 atom stereocenters. The minimum absolute atomic E-state index is 0.0298. The lowest BCUT2D eigenvalue weighted by molar-refractivity contribution is -0.121. The molecule has 0 fully saturated rings. The molecule has 0 saturated carbocycles. The van der Waals surface area contributed by atoms with E-state index in [0.717, 1.165) is 0 Å². The molecule has 0 radical (unpaired) electrons. The minimum atomic E-state index is -0.459. The van der Waals surface area contributed by atoms with E-state index < -0.39 is 6.10 Å². The van der Waals surface area contributed by atoms with Gasteiger partial charge >= 0.3 is 0 Å². The third kappa shape index (κ3) is 6.04. The number of carbonyl (C=O) groups is 1. The lowest BCUT2D eigenvalue weighted by Gasteiger charge is -2.04. The summed E-state index contributed by atoms with van der Waals surface area (Å²) >= 11 is 3.13. The second kappa shape index (κ2) is 5.68. The first-order valence-corrected chi connectivity index (χ1v) is 4.29. The molecule has 60 valence electrons. The van der Waals surface area contributed by atoms with E-state index in [-0.39, 0.29) is 5.91 Å². The Balaban J connectivity index is 3.22. The van der Waals surface area contributed by atoms with Crippen LogP contribution in [0.1, 0.15) is 13.3 Å². The second-order valence-corrected chi connectivity index (χ2v) is 2.89. The van der Waals surface area contributed by atoms with Crippen molar-refractivity contribution >= 4 is 21.8 Å². The van der Waals surface area contributed by atoms with Crippen molar-refractivity contribution in [1.82, 2.24) is 5.32 Å². The van der Waals surface area contributed by atoms with E-state index in [0.29, 0.717) is 18.3 Å². The molecule has 0 aromatic heterocycles. The summed E-state index contributed by atoms with van der Waals surface area (Å²) in [6.07, 6.45) is 0.00600. The zero-order valence-electron chi connectivity index (χ0n) is 5.93.